The molecule has 5 rings (SSSR count). The van der Waals surface area contributed by atoms with Gasteiger partial charge in [-0.1, -0.05) is 48.5 Å². The van der Waals surface area contributed by atoms with Crippen LogP contribution in [0.15, 0.2) is 54.6 Å². The number of rotatable bonds is 1. The number of aryl methyl sites for hydroxylation is 1. The van der Waals surface area contributed by atoms with Gasteiger partial charge in [0.1, 0.15) is 0 Å². The van der Waals surface area contributed by atoms with Crippen molar-refractivity contribution >= 4 is 16.6 Å². The molecule has 1 aromatic heterocycles. The molecule has 0 spiro atoms. The summed E-state index contributed by atoms with van der Waals surface area (Å²) >= 11 is 0. The Morgan fingerprint density at radius 1 is 1.00 bits per heavy atom. The van der Waals surface area contributed by atoms with E-state index in [1.165, 1.54) is 27.9 Å². The fraction of sp³-hybridized carbons (Fsp3) is 0.250. The first-order valence-electron chi connectivity index (χ1n) is 8.28. The molecule has 2 aromatic carbocycles. The molecule has 3 nitrogen and oxygen atoms in total. The van der Waals surface area contributed by atoms with Crippen LogP contribution in [0.2, 0.25) is 0 Å². The number of benzene rings is 2. The van der Waals surface area contributed by atoms with Crippen LogP contribution in [0.3, 0.4) is 0 Å². The molecule has 23 heavy (non-hydrogen) atoms. The van der Waals surface area contributed by atoms with Gasteiger partial charge < -0.3 is 10.1 Å². The standard InChI is InChI=1S/C20H18N2O/c1-2-7-13(8-3-1)20-22-19-14-9-4-5-10-15(14)21-16-11-6-12-17(23-20)18(16)19/h1-5,7-10,17,20,22H,6,11-12H2. The van der Waals surface area contributed by atoms with E-state index in [1.54, 1.807) is 0 Å². The van der Waals surface area contributed by atoms with Crippen LogP contribution in [0.4, 0.5) is 5.69 Å². The summed E-state index contributed by atoms with van der Waals surface area (Å²) in [6.45, 7) is 0. The highest BCUT2D eigenvalue weighted by Crippen LogP contribution is 2.46. The minimum absolute atomic E-state index is 0.0922. The molecule has 3 heteroatoms. The second-order valence-electron chi connectivity index (χ2n) is 6.32. The average Bonchev–Trinajstić information content (AvgIpc) is 2.62. The Bertz CT molecular complexity index is 875. The molecule has 0 saturated heterocycles. The number of pyridine rings is 1. The Morgan fingerprint density at radius 3 is 2.74 bits per heavy atom. The van der Waals surface area contributed by atoms with E-state index in [4.69, 9.17) is 9.72 Å². The first kappa shape index (κ1) is 13.1. The molecule has 2 aliphatic rings. The molecule has 2 unspecified atom stereocenters. The van der Waals surface area contributed by atoms with E-state index in [9.17, 15) is 0 Å². The van der Waals surface area contributed by atoms with Gasteiger partial charge in [-0.15, -0.1) is 0 Å². The number of hydrogen-bond donors (Lipinski definition) is 1. The number of nitrogens with one attached hydrogen (secondary N) is 1. The van der Waals surface area contributed by atoms with Crippen LogP contribution in [0.25, 0.3) is 10.9 Å². The molecular formula is C20H18N2O. The van der Waals surface area contributed by atoms with E-state index in [0.717, 1.165) is 24.8 Å². The number of anilines is 1. The van der Waals surface area contributed by atoms with Crippen LogP contribution in [-0.4, -0.2) is 4.98 Å². The third-order valence-electron chi connectivity index (χ3n) is 4.89. The predicted octanol–water partition coefficient (Wildman–Crippen LogP) is 4.75. The van der Waals surface area contributed by atoms with Gasteiger partial charge in [0.25, 0.3) is 0 Å². The van der Waals surface area contributed by atoms with Gasteiger partial charge in [-0.3, -0.25) is 4.98 Å². The average molecular weight is 302 g/mol. The van der Waals surface area contributed by atoms with Crippen molar-refractivity contribution < 1.29 is 4.74 Å². The van der Waals surface area contributed by atoms with E-state index in [0.29, 0.717) is 0 Å². The Morgan fingerprint density at radius 2 is 1.83 bits per heavy atom. The van der Waals surface area contributed by atoms with Crippen LogP contribution in [0.5, 0.6) is 0 Å². The maximum atomic E-state index is 6.38. The van der Waals surface area contributed by atoms with E-state index >= 15 is 0 Å². The molecular weight excluding hydrogens is 284 g/mol. The van der Waals surface area contributed by atoms with Crippen molar-refractivity contribution in [3.8, 4) is 0 Å². The van der Waals surface area contributed by atoms with Crippen LogP contribution in [0, 0.1) is 0 Å². The minimum atomic E-state index is -0.0922. The van der Waals surface area contributed by atoms with Gasteiger partial charge in [-0.2, -0.15) is 0 Å². The Balaban J connectivity index is 1.71. The largest absolute Gasteiger partial charge is 0.355 e. The Labute approximate surface area is 135 Å². The summed E-state index contributed by atoms with van der Waals surface area (Å²) in [5.41, 5.74) is 5.95. The summed E-state index contributed by atoms with van der Waals surface area (Å²) in [6.07, 6.45) is 3.32. The quantitative estimate of drug-likeness (QED) is 0.704. The van der Waals surface area contributed by atoms with Gasteiger partial charge in [0, 0.05) is 22.2 Å². The van der Waals surface area contributed by atoms with Gasteiger partial charge in [0.05, 0.1) is 17.3 Å². The van der Waals surface area contributed by atoms with Gasteiger partial charge >= 0.3 is 0 Å². The smallest absolute Gasteiger partial charge is 0.154 e. The van der Waals surface area contributed by atoms with Crippen molar-refractivity contribution in [1.82, 2.24) is 4.98 Å². The maximum Gasteiger partial charge on any atom is 0.154 e. The van der Waals surface area contributed by atoms with Crippen molar-refractivity contribution in [1.29, 1.82) is 0 Å². The normalized spacial score (nSPS) is 22.4. The fourth-order valence-electron chi connectivity index (χ4n) is 3.82. The zero-order valence-electron chi connectivity index (χ0n) is 12.8. The van der Waals surface area contributed by atoms with Gasteiger partial charge in [-0.05, 0) is 25.3 Å². The summed E-state index contributed by atoms with van der Waals surface area (Å²) in [5, 5.41) is 4.83. The van der Waals surface area contributed by atoms with E-state index in [-0.39, 0.29) is 12.3 Å². The molecule has 3 aromatic rings. The van der Waals surface area contributed by atoms with Gasteiger partial charge in [0.2, 0.25) is 0 Å². The van der Waals surface area contributed by atoms with Crippen LogP contribution in [-0.2, 0) is 11.2 Å². The lowest BCUT2D eigenvalue weighted by Crippen LogP contribution is -2.28. The molecule has 2 atom stereocenters. The van der Waals surface area contributed by atoms with Crippen molar-refractivity contribution in [3.63, 3.8) is 0 Å². The molecule has 114 valence electrons. The first-order valence-corrected chi connectivity index (χ1v) is 8.28. The predicted molar refractivity (Wildman–Crippen MR) is 91.3 cm³/mol. The monoisotopic (exact) mass is 302 g/mol. The summed E-state index contributed by atoms with van der Waals surface area (Å²) in [6, 6.07) is 18.8. The van der Waals surface area contributed by atoms with Gasteiger partial charge in [0.15, 0.2) is 6.23 Å². The summed E-state index contributed by atoms with van der Waals surface area (Å²) in [5.74, 6) is 0. The minimum Gasteiger partial charge on any atom is -0.355 e. The summed E-state index contributed by atoms with van der Waals surface area (Å²) in [4.78, 5) is 4.89. The third kappa shape index (κ3) is 2.04. The fourth-order valence-corrected chi connectivity index (χ4v) is 3.82. The molecule has 0 bridgehead atoms. The van der Waals surface area contributed by atoms with E-state index in [2.05, 4.69) is 53.8 Å². The van der Waals surface area contributed by atoms with E-state index in [1.807, 2.05) is 6.07 Å². The number of aromatic nitrogens is 1. The topological polar surface area (TPSA) is 34.2 Å². The lowest BCUT2D eigenvalue weighted by molar-refractivity contribution is -0.0172. The second kappa shape index (κ2) is 5.07. The molecule has 0 amide bonds. The van der Waals surface area contributed by atoms with E-state index < -0.39 is 0 Å². The SMILES string of the molecule is c1ccc(C2Nc3c4c(nc5ccccc35)CCCC4O2)cc1. The molecule has 0 radical (unpaired) electrons. The molecule has 1 N–H and O–H groups in total. The van der Waals surface area contributed by atoms with Crippen LogP contribution in [0.1, 0.15) is 42.0 Å². The molecule has 0 fully saturated rings. The van der Waals surface area contributed by atoms with Crippen molar-refractivity contribution in [2.75, 3.05) is 5.32 Å². The summed E-state index contributed by atoms with van der Waals surface area (Å²) in [7, 11) is 0. The number of fused-ring (bicyclic) bond motifs is 2. The van der Waals surface area contributed by atoms with Crippen molar-refractivity contribution in [2.45, 2.75) is 31.6 Å². The number of hydrogen-bond acceptors (Lipinski definition) is 3. The zero-order valence-corrected chi connectivity index (χ0v) is 12.8. The lowest BCUT2D eigenvalue weighted by atomic mass is 9.88. The van der Waals surface area contributed by atoms with Crippen LogP contribution < -0.4 is 5.32 Å². The van der Waals surface area contributed by atoms with Crippen molar-refractivity contribution in [3.05, 3.63) is 71.4 Å². The number of nitrogens with zero attached hydrogens (tertiary/aromatic N) is 1. The van der Waals surface area contributed by atoms with Crippen LogP contribution >= 0.6 is 0 Å². The zero-order chi connectivity index (χ0) is 15.2. The van der Waals surface area contributed by atoms with Gasteiger partial charge in [-0.25, -0.2) is 0 Å². The highest BCUT2D eigenvalue weighted by Gasteiger charge is 2.34. The molecule has 0 saturated carbocycles. The highest BCUT2D eigenvalue weighted by molar-refractivity contribution is 5.94. The molecule has 1 aliphatic carbocycles. The molecule has 2 heterocycles. The number of para-hydroxylation sites is 1. The third-order valence-corrected chi connectivity index (χ3v) is 4.89. The second-order valence-corrected chi connectivity index (χ2v) is 6.32. The first-order chi connectivity index (χ1) is 11.4. The van der Waals surface area contributed by atoms with Crippen molar-refractivity contribution in [2.24, 2.45) is 0 Å². The lowest BCUT2D eigenvalue weighted by Gasteiger charge is -2.38. The summed E-state index contributed by atoms with van der Waals surface area (Å²) < 4.78 is 6.38. The Kier molecular flexibility index (Phi) is 2.88. The Hall–Kier alpha value is -2.39. The number of ether oxygens (including phenoxy) is 1. The molecule has 1 aliphatic heterocycles. The highest BCUT2D eigenvalue weighted by atomic mass is 16.5. The maximum absolute atomic E-state index is 6.38.